The van der Waals surface area contributed by atoms with E-state index >= 15 is 0 Å². The van der Waals surface area contributed by atoms with Crippen LogP contribution in [0.2, 0.25) is 0 Å². The average Bonchev–Trinajstić information content (AvgIpc) is 3.35. The fraction of sp³-hybridized carbons (Fsp3) is 0.414. The zero-order valence-corrected chi connectivity index (χ0v) is 22.9. The van der Waals surface area contributed by atoms with E-state index in [4.69, 9.17) is 10.7 Å². The van der Waals surface area contributed by atoms with Crippen LogP contribution in [0.3, 0.4) is 0 Å². The highest BCUT2D eigenvalue weighted by Crippen LogP contribution is 2.33. The number of rotatable bonds is 5. The van der Waals surface area contributed by atoms with E-state index in [1.165, 1.54) is 25.7 Å². The topological polar surface area (TPSA) is 125 Å². The summed E-state index contributed by atoms with van der Waals surface area (Å²) in [5, 5.41) is 6.31. The number of aryl methyl sites for hydroxylation is 1. The van der Waals surface area contributed by atoms with E-state index in [0.717, 1.165) is 36.5 Å². The van der Waals surface area contributed by atoms with Gasteiger partial charge in [-0.1, -0.05) is 26.8 Å². The van der Waals surface area contributed by atoms with Crippen LogP contribution < -0.4 is 21.3 Å². The van der Waals surface area contributed by atoms with Gasteiger partial charge < -0.3 is 16.0 Å². The SMILES string of the molecule is Cc1ccc(C(=O)NC2=CC(C(C)(C)C)=[C+]2)cc1Nc1ncnc2c(N)nc(N3CCN4CCCC4C3)nc12. The minimum absolute atomic E-state index is 0.00710. The molecule has 1 atom stereocenters. The third-order valence-corrected chi connectivity index (χ3v) is 7.73. The maximum atomic E-state index is 13.0. The van der Waals surface area contributed by atoms with Crippen molar-refractivity contribution in [2.75, 3.05) is 42.1 Å². The molecule has 6 rings (SSSR count). The molecule has 200 valence electrons. The third kappa shape index (κ3) is 4.89. The van der Waals surface area contributed by atoms with E-state index in [9.17, 15) is 4.79 Å². The number of benzene rings is 1. The van der Waals surface area contributed by atoms with Gasteiger partial charge >= 0.3 is 0 Å². The van der Waals surface area contributed by atoms with Crippen molar-refractivity contribution in [2.45, 2.75) is 46.6 Å². The van der Waals surface area contributed by atoms with Crippen LogP contribution in [-0.2, 0) is 0 Å². The zero-order valence-electron chi connectivity index (χ0n) is 22.9. The normalized spacial score (nSPS) is 19.1. The number of hydrogen-bond donors (Lipinski definition) is 3. The lowest BCUT2D eigenvalue weighted by Crippen LogP contribution is -2.50. The van der Waals surface area contributed by atoms with Crippen molar-refractivity contribution < 1.29 is 4.79 Å². The van der Waals surface area contributed by atoms with Gasteiger partial charge in [-0.05, 0) is 44.0 Å². The summed E-state index contributed by atoms with van der Waals surface area (Å²) in [6.07, 6.45) is 9.09. The lowest BCUT2D eigenvalue weighted by Gasteiger charge is -2.37. The van der Waals surface area contributed by atoms with Crippen molar-refractivity contribution in [3.63, 3.8) is 0 Å². The van der Waals surface area contributed by atoms with Crippen molar-refractivity contribution in [1.29, 1.82) is 0 Å². The van der Waals surface area contributed by atoms with Gasteiger partial charge in [0.15, 0.2) is 11.6 Å². The van der Waals surface area contributed by atoms with Gasteiger partial charge in [0.2, 0.25) is 11.6 Å². The van der Waals surface area contributed by atoms with Crippen LogP contribution in [0.5, 0.6) is 0 Å². The first-order valence-electron chi connectivity index (χ1n) is 13.5. The molecule has 1 amide bonds. The smallest absolute Gasteiger partial charge is 0.258 e. The van der Waals surface area contributed by atoms with Crippen molar-refractivity contribution in [3.8, 4) is 0 Å². The first-order valence-corrected chi connectivity index (χ1v) is 13.5. The van der Waals surface area contributed by atoms with E-state index in [2.05, 4.69) is 62.2 Å². The number of carbonyl (C=O) groups excluding carboxylic acids is 1. The number of nitrogens with one attached hydrogen (secondary N) is 2. The number of anilines is 4. The molecule has 0 spiro atoms. The summed E-state index contributed by atoms with van der Waals surface area (Å²) in [6.45, 7) is 12.2. The van der Waals surface area contributed by atoms with E-state index < -0.39 is 0 Å². The minimum Gasteiger partial charge on any atom is -0.382 e. The van der Waals surface area contributed by atoms with Crippen LogP contribution in [-0.4, -0.2) is 63.0 Å². The molecule has 3 aliphatic rings. The largest absolute Gasteiger partial charge is 0.382 e. The second-order valence-corrected chi connectivity index (χ2v) is 11.6. The average molecular weight is 525 g/mol. The minimum atomic E-state index is -0.197. The van der Waals surface area contributed by atoms with Crippen molar-refractivity contribution >= 4 is 40.2 Å². The maximum Gasteiger partial charge on any atom is 0.258 e. The van der Waals surface area contributed by atoms with Crippen LogP contribution in [0.15, 0.2) is 41.9 Å². The fourth-order valence-electron chi connectivity index (χ4n) is 5.34. The molecule has 4 N–H and O–H groups in total. The summed E-state index contributed by atoms with van der Waals surface area (Å²) in [6, 6.07) is 6.06. The molecule has 10 heteroatoms. The lowest BCUT2D eigenvalue weighted by atomic mass is 9.81. The van der Waals surface area contributed by atoms with E-state index in [1.54, 1.807) is 0 Å². The molecule has 39 heavy (non-hydrogen) atoms. The molecule has 2 fully saturated rings. The summed E-state index contributed by atoms with van der Waals surface area (Å²) in [4.78, 5) is 36.0. The Morgan fingerprint density at radius 2 is 1.95 bits per heavy atom. The Kier molecular flexibility index (Phi) is 6.16. The molecule has 3 aromatic rings. The second kappa shape index (κ2) is 9.55. The van der Waals surface area contributed by atoms with Gasteiger partial charge in [-0.25, -0.2) is 15.0 Å². The molecule has 1 aromatic carbocycles. The van der Waals surface area contributed by atoms with Crippen LogP contribution in [0.4, 0.5) is 23.3 Å². The predicted octanol–water partition coefficient (Wildman–Crippen LogP) is 3.74. The van der Waals surface area contributed by atoms with E-state index in [-0.39, 0.29) is 11.3 Å². The number of piperazine rings is 1. The number of aromatic nitrogens is 4. The highest BCUT2D eigenvalue weighted by Gasteiger charge is 2.32. The number of allylic oxidation sites excluding steroid dienone is 3. The van der Waals surface area contributed by atoms with E-state index in [0.29, 0.717) is 45.9 Å². The fourth-order valence-corrected chi connectivity index (χ4v) is 5.34. The number of nitrogens with zero attached hydrogens (tertiary/aromatic N) is 6. The van der Waals surface area contributed by atoms with Gasteiger partial charge in [-0.15, -0.1) is 0 Å². The number of nitrogen functional groups attached to an aromatic ring is 1. The zero-order chi connectivity index (χ0) is 27.3. The maximum absolute atomic E-state index is 13.0. The van der Waals surface area contributed by atoms with Crippen molar-refractivity contribution in [2.24, 2.45) is 5.41 Å². The van der Waals surface area contributed by atoms with Gasteiger partial charge in [-0.3, -0.25) is 15.0 Å². The molecular formula is C29H34N9O+. The monoisotopic (exact) mass is 524 g/mol. The van der Waals surface area contributed by atoms with Gasteiger partial charge in [0.1, 0.15) is 22.9 Å². The summed E-state index contributed by atoms with van der Waals surface area (Å²) >= 11 is 0. The quantitative estimate of drug-likeness (QED) is 0.428. The number of carbonyl (C=O) groups is 1. The van der Waals surface area contributed by atoms with Crippen LogP contribution in [0.1, 0.15) is 49.5 Å². The molecule has 2 aliphatic heterocycles. The molecule has 2 saturated heterocycles. The molecule has 0 bridgehead atoms. The Bertz CT molecular complexity index is 1520. The number of fused-ring (bicyclic) bond motifs is 2. The number of nitrogens with two attached hydrogens (primary N) is 1. The predicted molar refractivity (Wildman–Crippen MR) is 153 cm³/mol. The second-order valence-electron chi connectivity index (χ2n) is 11.6. The number of amides is 1. The lowest BCUT2D eigenvalue weighted by molar-refractivity contribution is 0.0966. The summed E-state index contributed by atoms with van der Waals surface area (Å²) in [7, 11) is 0. The van der Waals surface area contributed by atoms with E-state index in [1.807, 2.05) is 31.2 Å². The van der Waals surface area contributed by atoms with Crippen LogP contribution >= 0.6 is 0 Å². The summed E-state index contributed by atoms with van der Waals surface area (Å²) in [5.74, 6) is 1.24. The van der Waals surface area contributed by atoms with Gasteiger partial charge in [0.25, 0.3) is 5.91 Å². The Morgan fingerprint density at radius 3 is 2.74 bits per heavy atom. The van der Waals surface area contributed by atoms with Gasteiger partial charge in [0, 0.05) is 42.3 Å². The van der Waals surface area contributed by atoms with Gasteiger partial charge in [0.05, 0.1) is 12.2 Å². The molecule has 2 aromatic heterocycles. The Morgan fingerprint density at radius 1 is 1.13 bits per heavy atom. The Hall–Kier alpha value is -4.14. The summed E-state index contributed by atoms with van der Waals surface area (Å²) in [5.41, 5.74) is 11.4. The molecule has 0 radical (unpaired) electrons. The first kappa shape index (κ1) is 25.2. The molecular weight excluding hydrogens is 490 g/mol. The first-order chi connectivity index (χ1) is 18.7. The van der Waals surface area contributed by atoms with Crippen molar-refractivity contribution in [1.82, 2.24) is 30.2 Å². The Balaban J connectivity index is 1.25. The van der Waals surface area contributed by atoms with Crippen LogP contribution in [0, 0.1) is 18.4 Å². The standard InChI is InChI=1S/C29H33N9O/c1-17-7-8-18(27(39)33-20-13-19(14-20)29(2,3)4)12-22(17)34-26-24-23(31-16-32-26)25(30)36-28(35-24)38-11-10-37-9-5-6-21(37)15-38/h7-8,12-13,16,21H,5-6,9-11,15H2,1-4H3,(H3-,30,31,32,33,34,35,36,39)/p+1. The third-order valence-electron chi connectivity index (χ3n) is 7.73. The highest BCUT2D eigenvalue weighted by molar-refractivity contribution is 5.98. The summed E-state index contributed by atoms with van der Waals surface area (Å²) < 4.78 is 0. The molecule has 0 saturated carbocycles. The molecule has 10 nitrogen and oxygen atoms in total. The Labute approximate surface area is 228 Å². The highest BCUT2D eigenvalue weighted by atomic mass is 16.1. The number of hydrogen-bond acceptors (Lipinski definition) is 9. The van der Waals surface area contributed by atoms with Crippen molar-refractivity contribution in [3.05, 3.63) is 59.1 Å². The molecule has 4 heterocycles. The van der Waals surface area contributed by atoms with Gasteiger partial charge in [-0.2, -0.15) is 4.98 Å². The molecule has 1 unspecified atom stereocenters. The molecule has 1 aliphatic carbocycles. The van der Waals surface area contributed by atoms with Crippen LogP contribution in [0.25, 0.3) is 11.0 Å².